The highest BCUT2D eigenvalue weighted by atomic mass is 79.9. The molecule has 0 spiro atoms. The summed E-state index contributed by atoms with van der Waals surface area (Å²) in [5, 5.41) is 12.9. The number of ether oxygens (including phenoxy) is 2. The van der Waals surface area contributed by atoms with Crippen LogP contribution in [0.5, 0.6) is 11.6 Å². The molecule has 1 aliphatic rings. The van der Waals surface area contributed by atoms with Crippen LogP contribution in [0.3, 0.4) is 0 Å². The number of halogens is 1. The number of nitrogens with one attached hydrogen (secondary N) is 1. The van der Waals surface area contributed by atoms with Crippen LogP contribution in [0.4, 0.5) is 5.69 Å². The number of aromatic nitrogens is 3. The van der Waals surface area contributed by atoms with Gasteiger partial charge in [-0.05, 0) is 36.8 Å². The summed E-state index contributed by atoms with van der Waals surface area (Å²) in [6.07, 6.45) is 3.08. The van der Waals surface area contributed by atoms with Crippen molar-refractivity contribution in [1.82, 2.24) is 15.2 Å². The maximum atomic E-state index is 6.32. The van der Waals surface area contributed by atoms with Gasteiger partial charge in [-0.15, -0.1) is 10.2 Å². The van der Waals surface area contributed by atoms with Crippen molar-refractivity contribution in [2.24, 2.45) is 0 Å². The Balaban J connectivity index is 1.71. The SMILES string of the molecule is CCCCCSc1nnc2c(n1)O[C@H](c1cccc(OC)c1)Nc1ccc(Br)cc1-2. The predicted octanol–water partition coefficient (Wildman–Crippen LogP) is 6.10. The minimum Gasteiger partial charge on any atom is -0.497 e. The van der Waals surface area contributed by atoms with Gasteiger partial charge in [-0.2, -0.15) is 4.98 Å². The third-order valence-corrected chi connectivity index (χ3v) is 6.18. The number of hydrogen-bond acceptors (Lipinski definition) is 7. The van der Waals surface area contributed by atoms with Crippen LogP contribution < -0.4 is 14.8 Å². The Morgan fingerprint density at radius 3 is 2.90 bits per heavy atom. The summed E-state index contributed by atoms with van der Waals surface area (Å²) >= 11 is 5.17. The molecule has 0 aliphatic carbocycles. The van der Waals surface area contributed by atoms with Crippen LogP contribution in [0.2, 0.25) is 0 Å². The maximum Gasteiger partial charge on any atom is 0.247 e. The predicted molar refractivity (Wildman–Crippen MR) is 123 cm³/mol. The highest BCUT2D eigenvalue weighted by Gasteiger charge is 2.26. The molecular weight excluding hydrogens is 464 g/mol. The first kappa shape index (κ1) is 20.9. The molecule has 0 radical (unpaired) electrons. The third-order valence-electron chi connectivity index (χ3n) is 4.76. The first-order chi connectivity index (χ1) is 14.7. The quantitative estimate of drug-likeness (QED) is 0.319. The van der Waals surface area contributed by atoms with Crippen LogP contribution in [0.15, 0.2) is 52.1 Å². The molecule has 0 saturated heterocycles. The summed E-state index contributed by atoms with van der Waals surface area (Å²) in [7, 11) is 1.65. The molecule has 156 valence electrons. The van der Waals surface area contributed by atoms with E-state index in [0.717, 1.165) is 39.2 Å². The number of anilines is 1. The third kappa shape index (κ3) is 4.70. The Morgan fingerprint density at radius 1 is 1.17 bits per heavy atom. The number of nitrogens with zero attached hydrogens (tertiary/aromatic N) is 3. The minimum absolute atomic E-state index is 0.434. The molecule has 1 aliphatic heterocycles. The Morgan fingerprint density at radius 2 is 2.07 bits per heavy atom. The van der Waals surface area contributed by atoms with Gasteiger partial charge in [-0.1, -0.05) is 59.6 Å². The van der Waals surface area contributed by atoms with Crippen LogP contribution in [0.1, 0.15) is 38.0 Å². The molecule has 3 aromatic rings. The average Bonchev–Trinajstić information content (AvgIpc) is 2.93. The molecule has 0 saturated carbocycles. The number of rotatable bonds is 7. The minimum atomic E-state index is -0.434. The zero-order valence-corrected chi connectivity index (χ0v) is 19.3. The second-order valence-corrected chi connectivity index (χ2v) is 8.89. The van der Waals surface area contributed by atoms with Crippen molar-refractivity contribution in [2.45, 2.75) is 37.6 Å². The lowest BCUT2D eigenvalue weighted by atomic mass is 10.1. The van der Waals surface area contributed by atoms with E-state index < -0.39 is 6.23 Å². The Kier molecular flexibility index (Phi) is 6.74. The summed E-state index contributed by atoms with van der Waals surface area (Å²) in [6.45, 7) is 2.19. The molecule has 4 rings (SSSR count). The van der Waals surface area contributed by atoms with Gasteiger partial charge in [0.05, 0.1) is 7.11 Å². The molecule has 6 nitrogen and oxygen atoms in total. The number of unbranched alkanes of at least 4 members (excludes halogenated alkanes) is 2. The molecule has 1 N–H and O–H groups in total. The van der Waals surface area contributed by atoms with Gasteiger partial charge in [0.2, 0.25) is 11.0 Å². The van der Waals surface area contributed by atoms with Crippen LogP contribution in [-0.4, -0.2) is 28.0 Å². The molecule has 2 aromatic carbocycles. The van der Waals surface area contributed by atoms with Crippen LogP contribution in [0.25, 0.3) is 11.3 Å². The van der Waals surface area contributed by atoms with E-state index in [9.17, 15) is 0 Å². The molecule has 0 amide bonds. The molecule has 0 fully saturated rings. The van der Waals surface area contributed by atoms with E-state index in [1.54, 1.807) is 18.9 Å². The van der Waals surface area contributed by atoms with Crippen LogP contribution in [0, 0.1) is 0 Å². The van der Waals surface area contributed by atoms with Crippen LogP contribution >= 0.6 is 27.7 Å². The zero-order valence-electron chi connectivity index (χ0n) is 16.9. The average molecular weight is 487 g/mol. The maximum absolute atomic E-state index is 6.32. The van der Waals surface area contributed by atoms with Crippen molar-refractivity contribution in [2.75, 3.05) is 18.2 Å². The number of fused-ring (bicyclic) bond motifs is 3. The lowest BCUT2D eigenvalue weighted by Crippen LogP contribution is -2.17. The summed E-state index contributed by atoms with van der Waals surface area (Å²) in [6, 6.07) is 13.8. The number of benzene rings is 2. The molecule has 0 bridgehead atoms. The van der Waals surface area contributed by atoms with Gasteiger partial charge < -0.3 is 14.8 Å². The summed E-state index contributed by atoms with van der Waals surface area (Å²) in [5.74, 6) is 2.21. The number of methoxy groups -OCH3 is 1. The molecule has 8 heteroatoms. The summed E-state index contributed by atoms with van der Waals surface area (Å²) in [4.78, 5) is 4.70. The topological polar surface area (TPSA) is 69.2 Å². The summed E-state index contributed by atoms with van der Waals surface area (Å²) < 4.78 is 12.7. The van der Waals surface area contributed by atoms with Gasteiger partial charge >= 0.3 is 0 Å². The fourth-order valence-corrected chi connectivity index (χ4v) is 4.34. The molecule has 1 atom stereocenters. The fraction of sp³-hybridized carbons (Fsp3) is 0.318. The van der Waals surface area contributed by atoms with Crippen molar-refractivity contribution in [3.8, 4) is 22.9 Å². The number of thioether (sulfide) groups is 1. The van der Waals surface area contributed by atoms with E-state index in [2.05, 4.69) is 38.4 Å². The van der Waals surface area contributed by atoms with Gasteiger partial charge in [0.25, 0.3) is 0 Å². The van der Waals surface area contributed by atoms with E-state index in [1.807, 2.05) is 42.5 Å². The van der Waals surface area contributed by atoms with Crippen molar-refractivity contribution < 1.29 is 9.47 Å². The smallest absolute Gasteiger partial charge is 0.247 e. The van der Waals surface area contributed by atoms with E-state index in [1.165, 1.54) is 12.8 Å². The second-order valence-electron chi connectivity index (χ2n) is 6.91. The van der Waals surface area contributed by atoms with Crippen molar-refractivity contribution in [3.05, 3.63) is 52.5 Å². The largest absolute Gasteiger partial charge is 0.497 e. The van der Waals surface area contributed by atoms with E-state index in [4.69, 9.17) is 14.5 Å². The van der Waals surface area contributed by atoms with Gasteiger partial charge in [-0.25, -0.2) is 0 Å². The van der Waals surface area contributed by atoms with E-state index >= 15 is 0 Å². The van der Waals surface area contributed by atoms with E-state index in [0.29, 0.717) is 16.7 Å². The zero-order chi connectivity index (χ0) is 20.9. The molecule has 1 aromatic heterocycles. The lowest BCUT2D eigenvalue weighted by Gasteiger charge is -2.19. The molecule has 30 heavy (non-hydrogen) atoms. The van der Waals surface area contributed by atoms with Gasteiger partial charge in [0, 0.05) is 27.0 Å². The highest BCUT2D eigenvalue weighted by Crippen LogP contribution is 2.41. The Hall–Kier alpha value is -2.32. The Labute approximate surface area is 188 Å². The van der Waals surface area contributed by atoms with E-state index in [-0.39, 0.29) is 0 Å². The second kappa shape index (κ2) is 9.66. The van der Waals surface area contributed by atoms with Gasteiger partial charge in [-0.3, -0.25) is 0 Å². The van der Waals surface area contributed by atoms with Crippen LogP contribution in [-0.2, 0) is 0 Å². The number of hydrogen-bond donors (Lipinski definition) is 1. The highest BCUT2D eigenvalue weighted by molar-refractivity contribution is 9.10. The van der Waals surface area contributed by atoms with Gasteiger partial charge in [0.15, 0.2) is 11.9 Å². The molecule has 0 unspecified atom stereocenters. The van der Waals surface area contributed by atoms with Gasteiger partial charge in [0.1, 0.15) is 5.75 Å². The molecular formula is C22H23BrN4O2S. The first-order valence-corrected chi connectivity index (χ1v) is 11.7. The first-order valence-electron chi connectivity index (χ1n) is 9.92. The molecule has 2 heterocycles. The van der Waals surface area contributed by atoms with Crippen molar-refractivity contribution in [1.29, 1.82) is 0 Å². The monoisotopic (exact) mass is 486 g/mol. The Bertz CT molecular complexity index is 1030. The van der Waals surface area contributed by atoms with Crippen molar-refractivity contribution in [3.63, 3.8) is 0 Å². The normalized spacial score (nSPS) is 14.7. The lowest BCUT2D eigenvalue weighted by molar-refractivity contribution is 0.224. The summed E-state index contributed by atoms with van der Waals surface area (Å²) in [5.41, 5.74) is 3.37. The van der Waals surface area contributed by atoms with Crippen molar-refractivity contribution >= 4 is 33.4 Å². The standard InChI is InChI=1S/C22H23BrN4O2S/c1-3-4-5-11-30-22-25-21-19(26-27-22)17-13-15(23)9-10-18(17)24-20(29-21)14-7-6-8-16(12-14)28-2/h6-10,12-13,20,24H,3-5,11H2,1-2H3/t20-/m1/s1. The fourth-order valence-electron chi connectivity index (χ4n) is 3.20.